The van der Waals surface area contributed by atoms with Crippen LogP contribution in [-0.4, -0.2) is 23.6 Å². The Kier molecular flexibility index (Phi) is 4.25. The lowest BCUT2D eigenvalue weighted by atomic mass is 9.87. The summed E-state index contributed by atoms with van der Waals surface area (Å²) in [6.45, 7) is 1.00. The number of aromatic hydroxyl groups is 1. The molecule has 1 aliphatic heterocycles. The topological polar surface area (TPSA) is 23.5 Å². The highest BCUT2D eigenvalue weighted by Gasteiger charge is 2.36. The molecule has 0 aliphatic carbocycles. The summed E-state index contributed by atoms with van der Waals surface area (Å²) in [6, 6.07) is 13.8. The number of rotatable bonds is 2. The maximum absolute atomic E-state index is 10.2. The van der Waals surface area contributed by atoms with Gasteiger partial charge in [-0.2, -0.15) is 0 Å². The van der Waals surface area contributed by atoms with Gasteiger partial charge in [0, 0.05) is 27.0 Å². The van der Waals surface area contributed by atoms with E-state index in [1.165, 1.54) is 5.56 Å². The van der Waals surface area contributed by atoms with Crippen molar-refractivity contribution in [2.75, 3.05) is 13.6 Å². The number of halogens is 2. The number of hydrogen-bond acceptors (Lipinski definition) is 2. The quantitative estimate of drug-likeness (QED) is 0.811. The van der Waals surface area contributed by atoms with Gasteiger partial charge in [-0.3, -0.25) is 4.90 Å². The van der Waals surface area contributed by atoms with Gasteiger partial charge >= 0.3 is 0 Å². The Balaban J connectivity index is 2.06. The maximum atomic E-state index is 10.2. The van der Waals surface area contributed by atoms with Crippen molar-refractivity contribution in [1.29, 1.82) is 0 Å². The zero-order valence-electron chi connectivity index (χ0n) is 11.8. The minimum absolute atomic E-state index is 0.241. The van der Waals surface area contributed by atoms with Crippen LogP contribution >= 0.6 is 27.5 Å². The van der Waals surface area contributed by atoms with E-state index in [4.69, 9.17) is 11.6 Å². The van der Waals surface area contributed by atoms with Crippen molar-refractivity contribution < 1.29 is 5.11 Å². The molecule has 2 nitrogen and oxygen atoms in total. The molecule has 0 radical (unpaired) electrons. The normalized spacial score (nSPS) is 22.6. The third kappa shape index (κ3) is 2.83. The first-order valence-electron chi connectivity index (χ1n) is 7.01. The van der Waals surface area contributed by atoms with Crippen LogP contribution in [0.3, 0.4) is 0 Å². The van der Waals surface area contributed by atoms with Crippen LogP contribution in [0, 0.1) is 0 Å². The van der Waals surface area contributed by atoms with Gasteiger partial charge in [0.05, 0.1) is 0 Å². The molecule has 0 saturated carbocycles. The highest BCUT2D eigenvalue weighted by atomic mass is 79.9. The SMILES string of the molecule is CN1CC[C@H](c2cc(Cl)ccc2O)[C@H]1c1ccccc1Br. The predicted octanol–water partition coefficient (Wildman–Crippen LogP) is 4.97. The van der Waals surface area contributed by atoms with E-state index in [-0.39, 0.29) is 12.0 Å². The van der Waals surface area contributed by atoms with Gasteiger partial charge in [0.1, 0.15) is 5.75 Å². The second kappa shape index (κ2) is 5.99. The molecule has 2 aromatic rings. The molecule has 1 saturated heterocycles. The van der Waals surface area contributed by atoms with Crippen molar-refractivity contribution in [2.45, 2.75) is 18.4 Å². The standard InChI is InChI=1S/C17H17BrClNO/c1-20-9-8-12(14-10-11(19)6-7-16(14)21)17(20)13-4-2-3-5-15(13)18/h2-7,10,12,17,21H,8-9H2,1H3/t12-,17+/m1/s1. The second-order valence-corrected chi connectivity index (χ2v) is 6.84. The fourth-order valence-corrected chi connectivity index (χ4v) is 3.96. The van der Waals surface area contributed by atoms with Crippen molar-refractivity contribution in [3.8, 4) is 5.75 Å². The van der Waals surface area contributed by atoms with E-state index in [0.29, 0.717) is 10.8 Å². The number of nitrogens with zero attached hydrogens (tertiary/aromatic N) is 1. The average molecular weight is 367 g/mol. The van der Waals surface area contributed by atoms with Crippen LogP contribution in [0.1, 0.15) is 29.5 Å². The molecule has 0 aromatic heterocycles. The van der Waals surface area contributed by atoms with Gasteiger partial charge < -0.3 is 5.11 Å². The molecule has 1 fully saturated rings. The van der Waals surface area contributed by atoms with Gasteiger partial charge in [-0.05, 0) is 49.8 Å². The Labute approximate surface area is 138 Å². The number of phenols is 1. The highest BCUT2D eigenvalue weighted by molar-refractivity contribution is 9.10. The first-order valence-corrected chi connectivity index (χ1v) is 8.18. The Morgan fingerprint density at radius 3 is 2.71 bits per heavy atom. The Morgan fingerprint density at radius 1 is 1.19 bits per heavy atom. The minimum atomic E-state index is 0.241. The summed E-state index contributed by atoms with van der Waals surface area (Å²) in [5.41, 5.74) is 2.19. The van der Waals surface area contributed by atoms with E-state index >= 15 is 0 Å². The maximum Gasteiger partial charge on any atom is 0.119 e. The third-order valence-corrected chi connectivity index (χ3v) is 5.22. The highest BCUT2D eigenvalue weighted by Crippen LogP contribution is 2.47. The number of likely N-dealkylation sites (N-methyl/N-ethyl adjacent to an activating group) is 1. The van der Waals surface area contributed by atoms with Gasteiger partial charge in [-0.1, -0.05) is 45.7 Å². The molecule has 1 aliphatic rings. The van der Waals surface area contributed by atoms with E-state index in [9.17, 15) is 5.11 Å². The summed E-state index contributed by atoms with van der Waals surface area (Å²) >= 11 is 9.77. The van der Waals surface area contributed by atoms with E-state index in [0.717, 1.165) is 23.0 Å². The first-order chi connectivity index (χ1) is 10.1. The summed E-state index contributed by atoms with van der Waals surface area (Å²) in [7, 11) is 2.13. The van der Waals surface area contributed by atoms with Crippen LogP contribution in [0.5, 0.6) is 5.75 Å². The van der Waals surface area contributed by atoms with Gasteiger partial charge in [0.2, 0.25) is 0 Å². The van der Waals surface area contributed by atoms with Crippen LogP contribution in [0.25, 0.3) is 0 Å². The molecular weight excluding hydrogens is 350 g/mol. The van der Waals surface area contributed by atoms with E-state index in [1.807, 2.05) is 12.1 Å². The van der Waals surface area contributed by atoms with Crippen LogP contribution in [-0.2, 0) is 0 Å². The van der Waals surface area contributed by atoms with Crippen LogP contribution in [0.15, 0.2) is 46.9 Å². The molecule has 2 aromatic carbocycles. The molecule has 4 heteroatoms. The smallest absolute Gasteiger partial charge is 0.119 e. The number of likely N-dealkylation sites (tertiary alicyclic amines) is 1. The van der Waals surface area contributed by atoms with Gasteiger partial charge in [-0.25, -0.2) is 0 Å². The first kappa shape index (κ1) is 14.9. The molecule has 1 N–H and O–H groups in total. The van der Waals surface area contributed by atoms with Crippen molar-refractivity contribution in [1.82, 2.24) is 4.90 Å². The van der Waals surface area contributed by atoms with Gasteiger partial charge in [0.25, 0.3) is 0 Å². The van der Waals surface area contributed by atoms with Crippen LogP contribution in [0.2, 0.25) is 5.02 Å². The van der Waals surface area contributed by atoms with E-state index < -0.39 is 0 Å². The zero-order valence-corrected chi connectivity index (χ0v) is 14.1. The molecule has 3 rings (SSSR count). The summed E-state index contributed by atoms with van der Waals surface area (Å²) < 4.78 is 1.11. The van der Waals surface area contributed by atoms with Crippen LogP contribution < -0.4 is 0 Å². The number of phenolic OH excluding ortho intramolecular Hbond substituents is 1. The molecular formula is C17H17BrClNO. The van der Waals surface area contributed by atoms with E-state index in [2.05, 4.69) is 46.1 Å². The fraction of sp³-hybridized carbons (Fsp3) is 0.294. The molecule has 0 unspecified atom stereocenters. The molecule has 110 valence electrons. The average Bonchev–Trinajstić information content (AvgIpc) is 2.84. The van der Waals surface area contributed by atoms with Crippen molar-refractivity contribution in [2.24, 2.45) is 0 Å². The Morgan fingerprint density at radius 2 is 1.95 bits per heavy atom. The fourth-order valence-electron chi connectivity index (χ4n) is 3.26. The van der Waals surface area contributed by atoms with Crippen molar-refractivity contribution in [3.63, 3.8) is 0 Å². The summed E-state index contributed by atoms with van der Waals surface area (Å²) in [6.07, 6.45) is 1.01. The molecule has 0 spiro atoms. The van der Waals surface area contributed by atoms with Gasteiger partial charge in [-0.15, -0.1) is 0 Å². The lowest BCUT2D eigenvalue weighted by Crippen LogP contribution is -2.21. The minimum Gasteiger partial charge on any atom is -0.508 e. The summed E-state index contributed by atoms with van der Waals surface area (Å²) in [5, 5.41) is 10.9. The monoisotopic (exact) mass is 365 g/mol. The Hall–Kier alpha value is -1.03. The zero-order chi connectivity index (χ0) is 15.0. The molecule has 21 heavy (non-hydrogen) atoms. The van der Waals surface area contributed by atoms with E-state index in [1.54, 1.807) is 12.1 Å². The van der Waals surface area contributed by atoms with Crippen LogP contribution in [0.4, 0.5) is 0 Å². The summed E-state index contributed by atoms with van der Waals surface area (Å²) in [5.74, 6) is 0.573. The van der Waals surface area contributed by atoms with Crippen molar-refractivity contribution in [3.05, 3.63) is 63.1 Å². The Bertz CT molecular complexity index is 661. The lowest BCUT2D eigenvalue weighted by Gasteiger charge is -2.27. The van der Waals surface area contributed by atoms with Crippen molar-refractivity contribution >= 4 is 27.5 Å². The molecule has 0 amide bonds. The molecule has 1 heterocycles. The predicted molar refractivity (Wildman–Crippen MR) is 90.0 cm³/mol. The van der Waals surface area contributed by atoms with Gasteiger partial charge in [0.15, 0.2) is 0 Å². The number of benzene rings is 2. The third-order valence-electron chi connectivity index (χ3n) is 4.26. The lowest BCUT2D eigenvalue weighted by molar-refractivity contribution is 0.300. The second-order valence-electron chi connectivity index (χ2n) is 5.55. The summed E-state index contributed by atoms with van der Waals surface area (Å²) in [4.78, 5) is 2.34. The molecule has 2 atom stereocenters. The molecule has 0 bridgehead atoms. The number of hydrogen-bond donors (Lipinski definition) is 1. The largest absolute Gasteiger partial charge is 0.508 e.